The molecule has 9 atom stereocenters. The Hall–Kier alpha value is -2.04. The van der Waals surface area contributed by atoms with Crippen LogP contribution < -0.4 is 4.74 Å². The Morgan fingerprint density at radius 1 is 1.26 bits per heavy atom. The van der Waals surface area contributed by atoms with Crippen LogP contribution in [0.5, 0.6) is 5.75 Å². The van der Waals surface area contributed by atoms with Gasteiger partial charge in [-0.2, -0.15) is 0 Å². The quantitative estimate of drug-likeness (QED) is 0.383. The number of thiol groups is 1. The number of ether oxygens (including phenoxy) is 2. The number of alkyl halides is 2. The van der Waals surface area contributed by atoms with E-state index in [1.54, 1.807) is 32.2 Å². The van der Waals surface area contributed by atoms with Crippen molar-refractivity contribution in [3.8, 4) is 5.75 Å². The number of ketones is 1. The summed E-state index contributed by atoms with van der Waals surface area (Å²) in [5.41, 5.74) is -6.81. The molecule has 0 spiro atoms. The van der Waals surface area contributed by atoms with Crippen molar-refractivity contribution in [3.63, 3.8) is 0 Å². The molecular weight excluding hydrogens is 534 g/mol. The summed E-state index contributed by atoms with van der Waals surface area (Å²) in [4.78, 5) is 39.0. The zero-order valence-corrected chi connectivity index (χ0v) is 23.4. The number of halogens is 2. The van der Waals surface area contributed by atoms with Gasteiger partial charge in [-0.05, 0) is 68.2 Å². The maximum atomic E-state index is 17.4. The molecule has 10 heteroatoms. The van der Waals surface area contributed by atoms with Gasteiger partial charge >= 0.3 is 5.97 Å². The molecule has 0 saturated heterocycles. The van der Waals surface area contributed by atoms with E-state index in [0.29, 0.717) is 12.4 Å². The van der Waals surface area contributed by atoms with E-state index in [-0.39, 0.29) is 29.7 Å². The molecule has 4 aliphatic carbocycles. The smallest absolute Gasteiger partial charge is 0.353 e. The third-order valence-electron chi connectivity index (χ3n) is 9.85. The van der Waals surface area contributed by atoms with E-state index in [0.717, 1.165) is 17.4 Å². The van der Waals surface area contributed by atoms with Crippen molar-refractivity contribution in [3.05, 3.63) is 40.1 Å². The highest BCUT2D eigenvalue weighted by molar-refractivity contribution is 7.96. The van der Waals surface area contributed by atoms with Crippen molar-refractivity contribution in [1.82, 2.24) is 0 Å². The number of allylic oxidation sites excluding steroid dienone is 4. The summed E-state index contributed by atoms with van der Waals surface area (Å²) in [6.07, 6.45) is 0.314. The molecule has 4 aliphatic rings. The first-order valence-corrected chi connectivity index (χ1v) is 14.2. The van der Waals surface area contributed by atoms with Gasteiger partial charge in [-0.1, -0.05) is 19.9 Å². The van der Waals surface area contributed by atoms with E-state index in [9.17, 15) is 19.5 Å². The highest BCUT2D eigenvalue weighted by atomic mass is 32.1. The molecule has 38 heavy (non-hydrogen) atoms. The van der Waals surface area contributed by atoms with Crippen LogP contribution in [0.15, 0.2) is 35.2 Å². The van der Waals surface area contributed by atoms with Gasteiger partial charge < -0.3 is 14.6 Å². The Balaban J connectivity index is 1.59. The van der Waals surface area contributed by atoms with Gasteiger partial charge in [0.25, 0.3) is 0 Å². The van der Waals surface area contributed by atoms with Crippen LogP contribution in [0.3, 0.4) is 0 Å². The minimum absolute atomic E-state index is 0.0292. The molecule has 0 bridgehead atoms. The molecule has 3 saturated carbocycles. The van der Waals surface area contributed by atoms with Gasteiger partial charge in [-0.25, -0.2) is 13.6 Å². The summed E-state index contributed by atoms with van der Waals surface area (Å²) < 4.78 is 44.7. The van der Waals surface area contributed by atoms with Crippen LogP contribution >= 0.6 is 24.0 Å². The van der Waals surface area contributed by atoms with Crippen LogP contribution in [0.25, 0.3) is 0 Å². The molecule has 1 aromatic heterocycles. The second kappa shape index (κ2) is 8.99. The van der Waals surface area contributed by atoms with Crippen LogP contribution in [0.4, 0.5) is 8.78 Å². The van der Waals surface area contributed by atoms with Crippen molar-refractivity contribution in [2.24, 2.45) is 28.6 Å². The van der Waals surface area contributed by atoms with Crippen LogP contribution in [-0.4, -0.2) is 52.1 Å². The number of fused-ring (bicyclic) bond motifs is 5. The minimum atomic E-state index is -2.29. The van der Waals surface area contributed by atoms with Gasteiger partial charge in [-0.15, -0.1) is 24.0 Å². The molecule has 5 unspecified atom stereocenters. The van der Waals surface area contributed by atoms with E-state index < -0.39 is 69.0 Å². The van der Waals surface area contributed by atoms with Gasteiger partial charge in [-0.3, -0.25) is 9.59 Å². The number of rotatable bonds is 5. The number of hydrogen-bond acceptors (Lipinski definition) is 7. The topological polar surface area (TPSA) is 89.9 Å². The maximum absolute atomic E-state index is 17.4. The maximum Gasteiger partial charge on any atom is 0.353 e. The van der Waals surface area contributed by atoms with E-state index in [1.807, 2.05) is 0 Å². The summed E-state index contributed by atoms with van der Waals surface area (Å²) in [6, 6.07) is 1.64. The number of hydrogen-bond donors (Lipinski definition) is 2. The fourth-order valence-electron chi connectivity index (χ4n) is 8.15. The zero-order chi connectivity index (χ0) is 27.8. The summed E-state index contributed by atoms with van der Waals surface area (Å²) >= 11 is 5.30. The third-order valence-corrected chi connectivity index (χ3v) is 11.1. The summed E-state index contributed by atoms with van der Waals surface area (Å²) in [5.74, 6) is -3.03. The summed E-state index contributed by atoms with van der Waals surface area (Å²) in [6.45, 7) is 7.09. The Bertz CT molecular complexity index is 1260. The number of aliphatic hydroxyl groups is 1. The first kappa shape index (κ1) is 27.5. The Morgan fingerprint density at radius 3 is 2.63 bits per heavy atom. The summed E-state index contributed by atoms with van der Waals surface area (Å²) in [5, 5.41) is 12.5. The SMILES string of the molecule is CCOc1ccsc1C(=O)OC1(C(=O)S)C(C)C[C@H]2[C@@H]3CC(F)C4=CC(=O)C=C[C@]4(C)C3(F)C(O)C[C@@]21C. The van der Waals surface area contributed by atoms with Crippen LogP contribution in [-0.2, 0) is 14.3 Å². The molecule has 1 aromatic rings. The predicted molar refractivity (Wildman–Crippen MR) is 141 cm³/mol. The van der Waals surface area contributed by atoms with E-state index >= 15 is 8.78 Å². The molecule has 6 nitrogen and oxygen atoms in total. The Morgan fingerprint density at radius 2 is 1.97 bits per heavy atom. The lowest BCUT2D eigenvalue weighted by molar-refractivity contribution is -0.221. The van der Waals surface area contributed by atoms with Crippen LogP contribution in [0.2, 0.25) is 0 Å². The third kappa shape index (κ3) is 3.35. The molecular formula is C28H32F2O6S2. The molecule has 0 aromatic carbocycles. The van der Waals surface area contributed by atoms with Crippen molar-refractivity contribution in [1.29, 1.82) is 0 Å². The first-order valence-electron chi connectivity index (χ1n) is 12.9. The van der Waals surface area contributed by atoms with Gasteiger partial charge in [0.05, 0.1) is 12.7 Å². The molecule has 0 aliphatic heterocycles. The molecule has 1 heterocycles. The monoisotopic (exact) mass is 566 g/mol. The van der Waals surface area contributed by atoms with E-state index in [1.165, 1.54) is 19.1 Å². The summed E-state index contributed by atoms with van der Waals surface area (Å²) in [7, 11) is 0. The van der Waals surface area contributed by atoms with Gasteiger partial charge in [0.15, 0.2) is 21.9 Å². The van der Waals surface area contributed by atoms with Gasteiger partial charge in [0.2, 0.25) is 5.12 Å². The van der Waals surface area contributed by atoms with E-state index in [4.69, 9.17) is 9.47 Å². The lowest BCUT2D eigenvalue weighted by Gasteiger charge is -2.63. The fourth-order valence-corrected chi connectivity index (χ4v) is 9.38. The number of esters is 1. The highest BCUT2D eigenvalue weighted by Crippen LogP contribution is 2.71. The molecule has 0 amide bonds. The average molecular weight is 567 g/mol. The second-order valence-corrected chi connectivity index (χ2v) is 12.8. The lowest BCUT2D eigenvalue weighted by atomic mass is 9.44. The highest BCUT2D eigenvalue weighted by Gasteiger charge is 2.78. The normalized spacial score (nSPS) is 43.5. The van der Waals surface area contributed by atoms with Crippen molar-refractivity contribution < 1.29 is 37.7 Å². The first-order chi connectivity index (χ1) is 17.8. The van der Waals surface area contributed by atoms with E-state index in [2.05, 4.69) is 12.6 Å². The molecule has 5 rings (SSSR count). The molecule has 206 valence electrons. The lowest BCUT2D eigenvalue weighted by Crippen LogP contribution is -2.70. The zero-order valence-electron chi connectivity index (χ0n) is 21.7. The average Bonchev–Trinajstić information content (AvgIpc) is 3.39. The fraction of sp³-hybridized carbons (Fsp3) is 0.607. The van der Waals surface area contributed by atoms with Crippen LogP contribution in [0, 0.1) is 28.6 Å². The molecule has 3 fully saturated rings. The van der Waals surface area contributed by atoms with Crippen molar-refractivity contribution in [2.75, 3.05) is 6.61 Å². The van der Waals surface area contributed by atoms with Gasteiger partial charge in [0.1, 0.15) is 11.9 Å². The van der Waals surface area contributed by atoms with Crippen LogP contribution in [0.1, 0.15) is 56.6 Å². The number of aliphatic hydroxyl groups excluding tert-OH is 1. The number of carbonyl (C=O) groups is 3. The van der Waals surface area contributed by atoms with Crippen molar-refractivity contribution in [2.45, 2.75) is 70.5 Å². The second-order valence-electron chi connectivity index (χ2n) is 11.5. The minimum Gasteiger partial charge on any atom is -0.492 e. The largest absolute Gasteiger partial charge is 0.492 e. The molecule has 0 radical (unpaired) electrons. The number of thiophene rings is 1. The Kier molecular flexibility index (Phi) is 6.51. The van der Waals surface area contributed by atoms with Crippen molar-refractivity contribution >= 4 is 40.8 Å². The number of carbonyl (C=O) groups excluding carboxylic acids is 3. The molecule has 1 N–H and O–H groups in total. The van der Waals surface area contributed by atoms with Gasteiger partial charge in [0, 0.05) is 22.7 Å². The standard InChI is InChI=1S/C28H32F2O6S2/c1-5-35-20-7-9-38-22(20)23(33)36-28(24(34)37)14(2)10-16-17-12-19(29)18-11-15(31)6-8-25(18,3)27(17,30)21(32)13-26(16,28)4/h6-9,11,14,16-17,19,21,32H,5,10,12-13H2,1-4H3,(H,34,37)/t14?,16-,17-,19?,21?,25-,26-,27?,28?/m0/s1. The predicted octanol–water partition coefficient (Wildman–Crippen LogP) is 5.06. The Labute approximate surface area is 229 Å².